The number of anilines is 3. The predicted octanol–water partition coefficient (Wildman–Crippen LogP) is 17.3. The summed E-state index contributed by atoms with van der Waals surface area (Å²) in [4.78, 5) is 2.47. The third-order valence-electron chi connectivity index (χ3n) is 15.9. The topological polar surface area (TPSA) is 3.24 Å². The van der Waals surface area contributed by atoms with Crippen LogP contribution < -0.4 is 4.90 Å². The third kappa shape index (κ3) is 5.04. The summed E-state index contributed by atoms with van der Waals surface area (Å²) in [6.07, 6.45) is 0. The first-order chi connectivity index (χ1) is 34.2. The highest BCUT2D eigenvalue weighted by atomic mass is 15.1. The quantitative estimate of drug-likeness (QED) is 0.159. The highest BCUT2D eigenvalue weighted by Crippen LogP contribution is 2.67. The minimum atomic E-state index is -0.547. The van der Waals surface area contributed by atoms with E-state index in [9.17, 15) is 0 Å². The molecule has 0 aliphatic heterocycles. The Bertz CT molecular complexity index is 4000. The van der Waals surface area contributed by atoms with Crippen molar-refractivity contribution in [2.24, 2.45) is 0 Å². The Morgan fingerprint density at radius 3 is 1.25 bits per heavy atom. The molecular weight excluding hydrogens is 831 g/mol. The fourth-order valence-corrected chi connectivity index (χ4v) is 13.3. The van der Waals surface area contributed by atoms with Crippen molar-refractivity contribution in [3.8, 4) is 33.4 Å². The fourth-order valence-electron chi connectivity index (χ4n) is 13.3. The average molecular weight is 874 g/mol. The number of nitrogens with zero attached hydrogens (tertiary/aromatic N) is 1. The second-order valence-corrected chi connectivity index (χ2v) is 19.0. The largest absolute Gasteiger partial charge is 0.309 e. The molecule has 1 heteroatoms. The van der Waals surface area contributed by atoms with E-state index in [2.05, 4.69) is 266 Å². The second-order valence-electron chi connectivity index (χ2n) is 19.0. The van der Waals surface area contributed by atoms with E-state index < -0.39 is 10.8 Å². The molecule has 12 aromatic carbocycles. The van der Waals surface area contributed by atoms with Gasteiger partial charge in [-0.3, -0.25) is 0 Å². The Labute approximate surface area is 401 Å². The maximum Gasteiger partial charge on any atom is 0.0720 e. The molecule has 0 saturated heterocycles. The maximum absolute atomic E-state index is 2.52. The molecule has 0 heterocycles. The molecule has 2 spiro atoms. The van der Waals surface area contributed by atoms with Crippen LogP contribution in [0.4, 0.5) is 17.1 Å². The van der Waals surface area contributed by atoms with Crippen LogP contribution in [0.2, 0.25) is 0 Å². The normalized spacial score (nSPS) is 14.0. The lowest BCUT2D eigenvalue weighted by atomic mass is 9.52. The van der Waals surface area contributed by atoms with Gasteiger partial charge in [0.2, 0.25) is 0 Å². The van der Waals surface area contributed by atoms with Crippen molar-refractivity contribution in [1.82, 2.24) is 0 Å². The van der Waals surface area contributed by atoms with E-state index in [1.165, 1.54) is 110 Å². The molecule has 1 nitrogen and oxygen atoms in total. The highest BCUT2D eigenvalue weighted by molar-refractivity contribution is 6.15. The summed E-state index contributed by atoms with van der Waals surface area (Å²) in [5, 5.41) is 7.38. The van der Waals surface area contributed by atoms with Crippen LogP contribution in [0.15, 0.2) is 261 Å². The third-order valence-corrected chi connectivity index (χ3v) is 15.9. The molecule has 3 aliphatic carbocycles. The van der Waals surface area contributed by atoms with Gasteiger partial charge in [-0.1, -0.05) is 231 Å². The lowest BCUT2D eigenvalue weighted by Crippen LogP contribution is -2.43. The minimum absolute atomic E-state index is 0.469. The summed E-state index contributed by atoms with van der Waals surface area (Å²) in [5.41, 5.74) is 20.8. The highest BCUT2D eigenvalue weighted by Gasteiger charge is 2.58. The van der Waals surface area contributed by atoms with Crippen LogP contribution >= 0.6 is 0 Å². The lowest BCUT2D eigenvalue weighted by Gasteiger charge is -2.48. The molecular formula is C68H43N. The fraction of sp³-hybridized carbons (Fsp3) is 0.0294. The van der Waals surface area contributed by atoms with Crippen LogP contribution in [-0.2, 0) is 10.8 Å². The van der Waals surface area contributed by atoms with Crippen molar-refractivity contribution < 1.29 is 0 Å². The van der Waals surface area contributed by atoms with Crippen molar-refractivity contribution in [3.63, 3.8) is 0 Å². The first-order valence-corrected chi connectivity index (χ1v) is 24.2. The van der Waals surface area contributed by atoms with Crippen LogP contribution in [0.5, 0.6) is 0 Å². The monoisotopic (exact) mass is 873 g/mol. The van der Waals surface area contributed by atoms with Crippen LogP contribution in [0.25, 0.3) is 65.7 Å². The Morgan fingerprint density at radius 2 is 0.652 bits per heavy atom. The van der Waals surface area contributed by atoms with E-state index >= 15 is 0 Å². The standard InChI is InChI=1S/C68H43N/c1-4-22-50-45(18-1)20-17-35-65(50)69(66-43-47-19-2-3-21-49(47)51-23-5-6-27-56(51)66)48-39-36-44(37-40-48)46-38-41-55-54-26-9-12-30-59(54)68(64(55)42-46)62-33-15-13-31-60(62)67(61-32-14-16-34-63(61)68)57-28-10-7-24-52(57)53-25-8-11-29-58(53)67/h1-43H. The molecule has 0 radical (unpaired) electrons. The number of benzene rings is 12. The molecule has 0 amide bonds. The Hall–Kier alpha value is -8.78. The van der Waals surface area contributed by atoms with Gasteiger partial charge in [0, 0.05) is 16.5 Å². The van der Waals surface area contributed by atoms with E-state index in [1.807, 2.05) is 0 Å². The van der Waals surface area contributed by atoms with Gasteiger partial charge in [-0.25, -0.2) is 0 Å². The average Bonchev–Trinajstić information content (AvgIpc) is 3.88. The van der Waals surface area contributed by atoms with Gasteiger partial charge in [-0.05, 0) is 130 Å². The summed E-state index contributed by atoms with van der Waals surface area (Å²) in [6.45, 7) is 0. The molecule has 0 fully saturated rings. The summed E-state index contributed by atoms with van der Waals surface area (Å²) < 4.78 is 0. The van der Waals surface area contributed by atoms with Gasteiger partial charge < -0.3 is 4.90 Å². The summed E-state index contributed by atoms with van der Waals surface area (Å²) in [7, 11) is 0. The molecule has 0 N–H and O–H groups in total. The lowest BCUT2D eigenvalue weighted by molar-refractivity contribution is 0.633. The van der Waals surface area contributed by atoms with Crippen LogP contribution in [0.1, 0.15) is 44.5 Å². The van der Waals surface area contributed by atoms with Gasteiger partial charge in [0.25, 0.3) is 0 Å². The Morgan fingerprint density at radius 1 is 0.232 bits per heavy atom. The van der Waals surface area contributed by atoms with Crippen LogP contribution in [-0.4, -0.2) is 0 Å². The molecule has 0 bridgehead atoms. The zero-order valence-electron chi connectivity index (χ0n) is 37.8. The Kier molecular flexibility index (Phi) is 7.98. The van der Waals surface area contributed by atoms with Crippen molar-refractivity contribution in [2.45, 2.75) is 10.8 Å². The van der Waals surface area contributed by atoms with E-state index in [4.69, 9.17) is 0 Å². The van der Waals surface area contributed by atoms with Gasteiger partial charge >= 0.3 is 0 Å². The molecule has 15 rings (SSSR count). The van der Waals surface area contributed by atoms with Gasteiger partial charge in [0.05, 0.1) is 22.2 Å². The van der Waals surface area contributed by atoms with Gasteiger partial charge in [-0.15, -0.1) is 0 Å². The first kappa shape index (κ1) is 38.3. The second kappa shape index (κ2) is 14.4. The first-order valence-electron chi connectivity index (χ1n) is 24.2. The number of rotatable bonds is 4. The van der Waals surface area contributed by atoms with Gasteiger partial charge in [0.15, 0.2) is 0 Å². The van der Waals surface area contributed by atoms with Crippen molar-refractivity contribution in [3.05, 3.63) is 305 Å². The summed E-state index contributed by atoms with van der Waals surface area (Å²) in [6, 6.07) is 98.2. The smallest absolute Gasteiger partial charge is 0.0720 e. The predicted molar refractivity (Wildman–Crippen MR) is 287 cm³/mol. The van der Waals surface area contributed by atoms with E-state index in [0.717, 1.165) is 17.1 Å². The summed E-state index contributed by atoms with van der Waals surface area (Å²) >= 11 is 0. The number of hydrogen-bond donors (Lipinski definition) is 0. The summed E-state index contributed by atoms with van der Waals surface area (Å²) in [5.74, 6) is 0. The molecule has 69 heavy (non-hydrogen) atoms. The van der Waals surface area contributed by atoms with Crippen LogP contribution in [0.3, 0.4) is 0 Å². The van der Waals surface area contributed by atoms with Crippen molar-refractivity contribution in [1.29, 1.82) is 0 Å². The zero-order valence-corrected chi connectivity index (χ0v) is 37.8. The van der Waals surface area contributed by atoms with Crippen LogP contribution in [0, 0.1) is 0 Å². The Balaban J connectivity index is 0.941. The zero-order chi connectivity index (χ0) is 45.3. The molecule has 3 aliphatic rings. The SMILES string of the molecule is c1ccc2c(c1)-c1ccccc1C21c2ccccc2C2(c3ccccc3-c3ccc(-c4ccc(N(c5cccc6ccccc56)c5cc6ccccc6c6ccccc56)cc4)cc32)c2ccccc21. The van der Waals surface area contributed by atoms with Crippen molar-refractivity contribution >= 4 is 49.4 Å². The number of fused-ring (bicyclic) bond motifs is 20. The van der Waals surface area contributed by atoms with Gasteiger partial charge in [-0.2, -0.15) is 0 Å². The van der Waals surface area contributed by atoms with Gasteiger partial charge in [0.1, 0.15) is 0 Å². The van der Waals surface area contributed by atoms with E-state index in [1.54, 1.807) is 0 Å². The number of hydrogen-bond acceptors (Lipinski definition) is 1. The molecule has 320 valence electrons. The molecule has 0 aromatic heterocycles. The molecule has 0 saturated carbocycles. The van der Waals surface area contributed by atoms with E-state index in [0.29, 0.717) is 0 Å². The molecule has 0 unspecified atom stereocenters. The maximum atomic E-state index is 2.52. The molecule has 0 atom stereocenters. The minimum Gasteiger partial charge on any atom is -0.309 e. The van der Waals surface area contributed by atoms with Crippen molar-refractivity contribution in [2.75, 3.05) is 4.90 Å². The molecule has 12 aromatic rings. The van der Waals surface area contributed by atoms with E-state index in [-0.39, 0.29) is 0 Å².